The van der Waals surface area contributed by atoms with E-state index in [-0.39, 0.29) is 5.69 Å². The quantitative estimate of drug-likeness (QED) is 0.769. The van der Waals surface area contributed by atoms with Crippen LogP contribution in [0.5, 0.6) is 0 Å². The largest absolute Gasteiger partial charge is 0.409 e. The third-order valence-electron chi connectivity index (χ3n) is 1.80. The third kappa shape index (κ3) is 3.39. The number of hydrogen-bond donors (Lipinski definition) is 2. The molecule has 0 aromatic heterocycles. The van der Waals surface area contributed by atoms with Crippen molar-refractivity contribution in [3.8, 4) is 0 Å². The van der Waals surface area contributed by atoms with Gasteiger partial charge in [0.2, 0.25) is 0 Å². The second kappa shape index (κ2) is 4.48. The van der Waals surface area contributed by atoms with Crippen molar-refractivity contribution in [1.82, 2.24) is 0 Å². The zero-order chi connectivity index (χ0) is 11.5. The number of nitrogens with two attached hydrogens (primary N) is 1. The standard InChI is InChI=1S/C9H10F4N2/c10-6-2-1-3-7(4-6)15-8(5-14)9(11,12)13/h1-4,8,15H,5,14H2. The van der Waals surface area contributed by atoms with E-state index in [1.54, 1.807) is 0 Å². The van der Waals surface area contributed by atoms with Crippen LogP contribution in [-0.4, -0.2) is 18.8 Å². The Morgan fingerprint density at radius 1 is 1.33 bits per heavy atom. The first kappa shape index (κ1) is 11.8. The van der Waals surface area contributed by atoms with E-state index in [0.29, 0.717) is 0 Å². The molecule has 0 heterocycles. The molecule has 0 aliphatic heterocycles. The lowest BCUT2D eigenvalue weighted by Gasteiger charge is -2.20. The lowest BCUT2D eigenvalue weighted by Crippen LogP contribution is -2.42. The smallest absolute Gasteiger partial charge is 0.373 e. The lowest BCUT2D eigenvalue weighted by atomic mass is 10.2. The number of rotatable bonds is 3. The molecule has 3 N–H and O–H groups in total. The molecule has 0 bridgehead atoms. The highest BCUT2D eigenvalue weighted by atomic mass is 19.4. The normalized spacial score (nSPS) is 13.7. The van der Waals surface area contributed by atoms with Crippen LogP contribution in [0.1, 0.15) is 0 Å². The summed E-state index contributed by atoms with van der Waals surface area (Å²) in [7, 11) is 0. The first-order chi connectivity index (χ1) is 6.93. The van der Waals surface area contributed by atoms with Crippen LogP contribution in [0.3, 0.4) is 0 Å². The summed E-state index contributed by atoms with van der Waals surface area (Å²) in [6.07, 6.45) is -4.44. The highest BCUT2D eigenvalue weighted by Gasteiger charge is 2.38. The van der Waals surface area contributed by atoms with Crippen molar-refractivity contribution < 1.29 is 17.6 Å². The minimum Gasteiger partial charge on any atom is -0.373 e. The maximum Gasteiger partial charge on any atom is 0.409 e. The van der Waals surface area contributed by atoms with Crippen molar-refractivity contribution >= 4 is 5.69 Å². The van der Waals surface area contributed by atoms with Crippen molar-refractivity contribution in [3.63, 3.8) is 0 Å². The van der Waals surface area contributed by atoms with Gasteiger partial charge in [-0.2, -0.15) is 13.2 Å². The van der Waals surface area contributed by atoms with E-state index >= 15 is 0 Å². The number of nitrogens with one attached hydrogen (secondary N) is 1. The minimum atomic E-state index is -4.44. The predicted octanol–water partition coefficient (Wildman–Crippen LogP) is 2.13. The number of anilines is 1. The van der Waals surface area contributed by atoms with E-state index in [1.807, 2.05) is 0 Å². The molecule has 2 nitrogen and oxygen atoms in total. The van der Waals surface area contributed by atoms with Gasteiger partial charge in [-0.3, -0.25) is 0 Å². The second-order valence-electron chi connectivity index (χ2n) is 2.98. The van der Waals surface area contributed by atoms with Gasteiger partial charge in [-0.1, -0.05) is 6.07 Å². The molecule has 0 radical (unpaired) electrons. The number of halogens is 4. The van der Waals surface area contributed by atoms with Gasteiger partial charge in [0.25, 0.3) is 0 Å². The van der Waals surface area contributed by atoms with Gasteiger partial charge >= 0.3 is 6.18 Å². The van der Waals surface area contributed by atoms with Crippen molar-refractivity contribution in [3.05, 3.63) is 30.1 Å². The van der Waals surface area contributed by atoms with E-state index in [2.05, 4.69) is 5.32 Å². The fraction of sp³-hybridized carbons (Fsp3) is 0.333. The highest BCUT2D eigenvalue weighted by molar-refractivity contribution is 5.44. The monoisotopic (exact) mass is 222 g/mol. The number of alkyl halides is 3. The topological polar surface area (TPSA) is 38.0 Å². The molecule has 0 aliphatic rings. The second-order valence-corrected chi connectivity index (χ2v) is 2.98. The predicted molar refractivity (Wildman–Crippen MR) is 48.9 cm³/mol. The summed E-state index contributed by atoms with van der Waals surface area (Å²) < 4.78 is 49.5. The van der Waals surface area contributed by atoms with Gasteiger partial charge < -0.3 is 11.1 Å². The molecule has 1 unspecified atom stereocenters. The van der Waals surface area contributed by atoms with Gasteiger partial charge in [0.15, 0.2) is 0 Å². The zero-order valence-corrected chi connectivity index (χ0v) is 7.68. The van der Waals surface area contributed by atoms with Crippen LogP contribution < -0.4 is 11.1 Å². The van der Waals surface area contributed by atoms with Crippen LogP contribution >= 0.6 is 0 Å². The molecule has 0 aliphatic carbocycles. The molecule has 1 atom stereocenters. The van der Waals surface area contributed by atoms with E-state index < -0.39 is 24.6 Å². The minimum absolute atomic E-state index is 0.0581. The summed E-state index contributed by atoms with van der Waals surface area (Å²) >= 11 is 0. The molecular weight excluding hydrogens is 212 g/mol. The number of hydrogen-bond acceptors (Lipinski definition) is 2. The average Bonchev–Trinajstić information content (AvgIpc) is 2.12. The molecular formula is C9H10F4N2. The Balaban J connectivity index is 2.76. The fourth-order valence-electron chi connectivity index (χ4n) is 1.05. The molecule has 1 aromatic carbocycles. The summed E-state index contributed by atoms with van der Waals surface area (Å²) in [5.74, 6) is -0.599. The van der Waals surface area contributed by atoms with Gasteiger partial charge in [-0.15, -0.1) is 0 Å². The third-order valence-corrected chi connectivity index (χ3v) is 1.80. The summed E-state index contributed by atoms with van der Waals surface area (Å²) in [4.78, 5) is 0. The van der Waals surface area contributed by atoms with E-state index in [1.165, 1.54) is 12.1 Å². The van der Waals surface area contributed by atoms with E-state index in [0.717, 1.165) is 12.1 Å². The fourth-order valence-corrected chi connectivity index (χ4v) is 1.05. The highest BCUT2D eigenvalue weighted by Crippen LogP contribution is 2.23. The summed E-state index contributed by atoms with van der Waals surface area (Å²) in [5.41, 5.74) is 5.03. The molecule has 1 aromatic rings. The molecule has 1 rings (SSSR count). The first-order valence-electron chi connectivity index (χ1n) is 4.22. The Kier molecular flexibility index (Phi) is 3.52. The lowest BCUT2D eigenvalue weighted by molar-refractivity contribution is -0.140. The summed E-state index contributed by atoms with van der Waals surface area (Å²) in [6, 6.07) is 2.93. The Morgan fingerprint density at radius 3 is 2.47 bits per heavy atom. The Morgan fingerprint density at radius 2 is 2.00 bits per heavy atom. The van der Waals surface area contributed by atoms with Gasteiger partial charge in [-0.25, -0.2) is 4.39 Å². The van der Waals surface area contributed by atoms with Crippen LogP contribution in [-0.2, 0) is 0 Å². The molecule has 0 amide bonds. The van der Waals surface area contributed by atoms with Crippen molar-refractivity contribution in [2.45, 2.75) is 12.2 Å². The van der Waals surface area contributed by atoms with E-state index in [9.17, 15) is 17.6 Å². The Labute approximate surface area is 84.1 Å². The Hall–Kier alpha value is -1.30. The molecule has 0 saturated heterocycles. The maximum atomic E-state index is 12.7. The zero-order valence-electron chi connectivity index (χ0n) is 7.68. The molecule has 84 valence electrons. The first-order valence-corrected chi connectivity index (χ1v) is 4.22. The van der Waals surface area contributed by atoms with Gasteiger partial charge in [0, 0.05) is 12.2 Å². The Bertz CT molecular complexity index is 324. The number of benzene rings is 1. The molecule has 15 heavy (non-hydrogen) atoms. The van der Waals surface area contributed by atoms with Crippen LogP contribution in [0.2, 0.25) is 0 Å². The maximum absolute atomic E-state index is 12.7. The summed E-state index contributed by atoms with van der Waals surface area (Å²) in [5, 5.41) is 2.12. The van der Waals surface area contributed by atoms with Gasteiger partial charge in [-0.05, 0) is 18.2 Å². The molecule has 0 spiro atoms. The average molecular weight is 222 g/mol. The van der Waals surface area contributed by atoms with Crippen LogP contribution in [0.4, 0.5) is 23.2 Å². The molecule has 6 heteroatoms. The van der Waals surface area contributed by atoms with Crippen LogP contribution in [0.15, 0.2) is 24.3 Å². The molecule has 0 fully saturated rings. The van der Waals surface area contributed by atoms with Crippen molar-refractivity contribution in [1.29, 1.82) is 0 Å². The molecule has 0 saturated carbocycles. The van der Waals surface area contributed by atoms with E-state index in [4.69, 9.17) is 5.73 Å². The van der Waals surface area contributed by atoms with Crippen molar-refractivity contribution in [2.75, 3.05) is 11.9 Å². The SMILES string of the molecule is NCC(Nc1cccc(F)c1)C(F)(F)F. The van der Waals surface area contributed by atoms with Crippen molar-refractivity contribution in [2.24, 2.45) is 5.73 Å². The van der Waals surface area contributed by atoms with Crippen LogP contribution in [0.25, 0.3) is 0 Å². The van der Waals surface area contributed by atoms with Crippen LogP contribution in [0, 0.1) is 5.82 Å². The summed E-state index contributed by atoms with van der Waals surface area (Å²) in [6.45, 7) is -0.597. The van der Waals surface area contributed by atoms with Gasteiger partial charge in [0.05, 0.1) is 0 Å². The van der Waals surface area contributed by atoms with Gasteiger partial charge in [0.1, 0.15) is 11.9 Å².